The molecule has 1 aliphatic carbocycles. The van der Waals surface area contributed by atoms with E-state index in [4.69, 9.17) is 26.8 Å². The number of allylic oxidation sites excluding steroid dienone is 4. The zero-order valence-corrected chi connectivity index (χ0v) is 21.0. The molecular weight excluding hydrogens is 528 g/mol. The van der Waals surface area contributed by atoms with E-state index in [0.29, 0.717) is 23.1 Å². The third-order valence-corrected chi connectivity index (χ3v) is 6.05. The zero-order chi connectivity index (χ0) is 24.7. The molecule has 3 rings (SSSR count). The summed E-state index contributed by atoms with van der Waals surface area (Å²) in [6.07, 6.45) is 5.76. The van der Waals surface area contributed by atoms with Crippen LogP contribution in [-0.4, -0.2) is 12.6 Å². The first kappa shape index (κ1) is 26.0. The van der Waals surface area contributed by atoms with Crippen LogP contribution in [0.4, 0.5) is 8.78 Å². The van der Waals surface area contributed by atoms with Crippen LogP contribution in [-0.2, 0) is 16.1 Å². The van der Waals surface area contributed by atoms with Crippen molar-refractivity contribution in [1.82, 2.24) is 0 Å². The Labute approximate surface area is 211 Å². The second-order valence-electron chi connectivity index (χ2n) is 7.69. The number of benzene rings is 2. The molecule has 180 valence electrons. The van der Waals surface area contributed by atoms with Crippen molar-refractivity contribution < 1.29 is 23.0 Å². The summed E-state index contributed by atoms with van der Waals surface area (Å²) in [4.78, 5) is 11.6. The van der Waals surface area contributed by atoms with Crippen LogP contribution in [0.25, 0.3) is 5.57 Å². The highest BCUT2D eigenvalue weighted by atomic mass is 79.9. The Morgan fingerprint density at radius 2 is 1.97 bits per heavy atom. The quantitative estimate of drug-likeness (QED) is 0.265. The topological polar surface area (TPSA) is 61.5 Å². The third-order valence-electron chi connectivity index (χ3n) is 5.29. The minimum Gasteiger partial charge on any atom is -0.488 e. The van der Waals surface area contributed by atoms with Gasteiger partial charge in [-0.2, -0.15) is 0 Å². The molecule has 2 aromatic carbocycles. The minimum absolute atomic E-state index is 0.0192. The molecule has 0 heterocycles. The van der Waals surface area contributed by atoms with Gasteiger partial charge in [0.15, 0.2) is 0 Å². The fraction of sp³-hybridized carbons (Fsp3) is 0.269. The van der Waals surface area contributed by atoms with Gasteiger partial charge in [0.2, 0.25) is 0 Å². The Morgan fingerprint density at radius 1 is 1.18 bits per heavy atom. The van der Waals surface area contributed by atoms with E-state index < -0.39 is 17.6 Å². The fourth-order valence-electron chi connectivity index (χ4n) is 3.71. The van der Waals surface area contributed by atoms with Crippen molar-refractivity contribution in [1.29, 1.82) is 0 Å². The van der Waals surface area contributed by atoms with Crippen LogP contribution in [0.3, 0.4) is 0 Å². The van der Waals surface area contributed by atoms with E-state index in [1.807, 2.05) is 12.1 Å². The molecule has 34 heavy (non-hydrogen) atoms. The molecule has 0 radical (unpaired) electrons. The number of nitrogens with two attached hydrogens (primary N) is 1. The molecule has 0 aliphatic heterocycles. The van der Waals surface area contributed by atoms with Crippen LogP contribution in [0.2, 0.25) is 0 Å². The standard InChI is InChI=1S/C26H25BrClF2NO3/c1-2-33-26(32)13-18(28)8-10-24(31)21-5-3-4-20(21)22-12-17(27)7-11-25(22)34-15-16-6-9-19(29)14-23(16)30/h6-12,14H,2-5,13,15,31H2,1H3/b18-8+,24-10-. The second kappa shape index (κ2) is 12.2. The van der Waals surface area contributed by atoms with Crippen molar-refractivity contribution in [3.05, 3.63) is 92.1 Å². The van der Waals surface area contributed by atoms with E-state index in [-0.39, 0.29) is 18.6 Å². The number of rotatable bonds is 9. The number of carbonyl (C=O) groups is 1. The highest BCUT2D eigenvalue weighted by Gasteiger charge is 2.21. The predicted molar refractivity (Wildman–Crippen MR) is 133 cm³/mol. The molecule has 0 saturated heterocycles. The highest BCUT2D eigenvalue weighted by molar-refractivity contribution is 9.10. The number of hydrogen-bond acceptors (Lipinski definition) is 4. The second-order valence-corrected chi connectivity index (χ2v) is 9.09. The maximum atomic E-state index is 14.1. The van der Waals surface area contributed by atoms with E-state index >= 15 is 0 Å². The summed E-state index contributed by atoms with van der Waals surface area (Å²) in [5.74, 6) is -1.11. The van der Waals surface area contributed by atoms with Gasteiger partial charge in [0.05, 0.1) is 13.0 Å². The molecule has 0 amide bonds. The molecule has 8 heteroatoms. The maximum absolute atomic E-state index is 14.1. The van der Waals surface area contributed by atoms with Crippen molar-refractivity contribution >= 4 is 39.1 Å². The van der Waals surface area contributed by atoms with Gasteiger partial charge in [0.1, 0.15) is 24.0 Å². The Kier molecular flexibility index (Phi) is 9.30. The van der Waals surface area contributed by atoms with Gasteiger partial charge in [-0.3, -0.25) is 4.79 Å². The van der Waals surface area contributed by atoms with Gasteiger partial charge in [0.25, 0.3) is 0 Å². The van der Waals surface area contributed by atoms with Crippen LogP contribution in [0.1, 0.15) is 43.7 Å². The van der Waals surface area contributed by atoms with E-state index in [2.05, 4.69) is 15.9 Å². The molecule has 0 bridgehead atoms. The highest BCUT2D eigenvalue weighted by Crippen LogP contribution is 2.41. The minimum atomic E-state index is -0.655. The average molecular weight is 553 g/mol. The van der Waals surface area contributed by atoms with Crippen LogP contribution in [0, 0.1) is 11.6 Å². The SMILES string of the molecule is CCOC(=O)C/C(Cl)=C\C=C(/N)C1=C(c2cc(Br)ccc2OCc2ccc(F)cc2F)CCC1. The van der Waals surface area contributed by atoms with Gasteiger partial charge >= 0.3 is 5.97 Å². The Morgan fingerprint density at radius 3 is 2.71 bits per heavy atom. The maximum Gasteiger partial charge on any atom is 0.311 e. The number of carbonyl (C=O) groups excluding carboxylic acids is 1. The molecule has 0 unspecified atom stereocenters. The van der Waals surface area contributed by atoms with Crippen molar-refractivity contribution in [2.24, 2.45) is 5.73 Å². The monoisotopic (exact) mass is 551 g/mol. The number of halogens is 4. The Bertz CT molecular complexity index is 1160. The van der Waals surface area contributed by atoms with Crippen molar-refractivity contribution in [3.63, 3.8) is 0 Å². The van der Waals surface area contributed by atoms with Crippen LogP contribution in [0.15, 0.2) is 69.3 Å². The van der Waals surface area contributed by atoms with Gasteiger partial charge < -0.3 is 15.2 Å². The van der Waals surface area contributed by atoms with Gasteiger partial charge in [-0.25, -0.2) is 8.78 Å². The molecule has 0 spiro atoms. The summed E-state index contributed by atoms with van der Waals surface area (Å²) < 4.78 is 39.0. The summed E-state index contributed by atoms with van der Waals surface area (Å²) in [6, 6.07) is 9.00. The summed E-state index contributed by atoms with van der Waals surface area (Å²) in [5, 5.41) is 0.328. The van der Waals surface area contributed by atoms with Crippen molar-refractivity contribution in [2.75, 3.05) is 6.61 Å². The lowest BCUT2D eigenvalue weighted by molar-refractivity contribution is -0.142. The largest absolute Gasteiger partial charge is 0.488 e. The van der Waals surface area contributed by atoms with Gasteiger partial charge in [-0.1, -0.05) is 27.5 Å². The van der Waals surface area contributed by atoms with E-state index in [1.54, 1.807) is 25.1 Å². The van der Waals surface area contributed by atoms with Gasteiger partial charge in [-0.15, -0.1) is 0 Å². The number of esters is 1. The van der Waals surface area contributed by atoms with Crippen molar-refractivity contribution in [2.45, 2.75) is 39.2 Å². The first-order valence-electron chi connectivity index (χ1n) is 10.8. The number of hydrogen-bond donors (Lipinski definition) is 1. The summed E-state index contributed by atoms with van der Waals surface area (Å²) in [7, 11) is 0. The van der Waals surface area contributed by atoms with E-state index in [9.17, 15) is 13.6 Å². The Hall–Kier alpha value is -2.64. The van der Waals surface area contributed by atoms with E-state index in [0.717, 1.165) is 46.5 Å². The lowest BCUT2D eigenvalue weighted by atomic mass is 9.99. The van der Waals surface area contributed by atoms with Gasteiger partial charge in [0, 0.05) is 32.4 Å². The number of ether oxygens (including phenoxy) is 2. The first-order valence-corrected chi connectivity index (χ1v) is 12.0. The summed E-state index contributed by atoms with van der Waals surface area (Å²) in [5.41, 5.74) is 10.0. The van der Waals surface area contributed by atoms with Crippen molar-refractivity contribution in [3.8, 4) is 5.75 Å². The smallest absolute Gasteiger partial charge is 0.311 e. The van der Waals surface area contributed by atoms with Crippen LogP contribution >= 0.6 is 27.5 Å². The van der Waals surface area contributed by atoms with E-state index in [1.165, 1.54) is 12.1 Å². The molecule has 0 atom stereocenters. The molecule has 0 fully saturated rings. The zero-order valence-electron chi connectivity index (χ0n) is 18.7. The van der Waals surface area contributed by atoms with Gasteiger partial charge in [-0.05, 0) is 79.8 Å². The molecule has 0 aromatic heterocycles. The molecule has 2 N–H and O–H groups in total. The molecule has 4 nitrogen and oxygen atoms in total. The molecule has 1 aliphatic rings. The fourth-order valence-corrected chi connectivity index (χ4v) is 4.24. The summed E-state index contributed by atoms with van der Waals surface area (Å²) in [6.45, 7) is 1.99. The average Bonchev–Trinajstić information content (AvgIpc) is 3.27. The molecule has 0 saturated carbocycles. The Balaban J connectivity index is 1.86. The lowest BCUT2D eigenvalue weighted by Crippen LogP contribution is -2.04. The van der Waals surface area contributed by atoms with Crippen LogP contribution < -0.4 is 10.5 Å². The predicted octanol–water partition coefficient (Wildman–Crippen LogP) is 7.16. The van der Waals surface area contributed by atoms with Crippen LogP contribution in [0.5, 0.6) is 5.75 Å². The third kappa shape index (κ3) is 6.93. The summed E-state index contributed by atoms with van der Waals surface area (Å²) >= 11 is 9.65. The lowest BCUT2D eigenvalue weighted by Gasteiger charge is -2.15. The molecule has 2 aromatic rings. The first-order chi connectivity index (χ1) is 16.3. The molecular formula is C26H25BrClF2NO3. The normalized spacial score (nSPS) is 14.5.